The van der Waals surface area contributed by atoms with Crippen molar-refractivity contribution in [1.29, 1.82) is 0 Å². The fourth-order valence-electron chi connectivity index (χ4n) is 3.03. The first kappa shape index (κ1) is 10.9. The van der Waals surface area contributed by atoms with E-state index in [2.05, 4.69) is 10.2 Å². The molecular weight excluding hydrogens is 192 g/mol. The van der Waals surface area contributed by atoms with Crippen molar-refractivity contribution in [1.82, 2.24) is 10.2 Å². The summed E-state index contributed by atoms with van der Waals surface area (Å²) in [6.07, 6.45) is 2.36. The van der Waals surface area contributed by atoms with E-state index in [0.29, 0.717) is 11.8 Å². The average molecular weight is 212 g/mol. The molecule has 3 aliphatic heterocycles. The van der Waals surface area contributed by atoms with Crippen LogP contribution in [0, 0.1) is 11.8 Å². The highest BCUT2D eigenvalue weighted by molar-refractivity contribution is 5.74. The van der Waals surface area contributed by atoms with Crippen LogP contribution in [0.5, 0.6) is 0 Å². The average Bonchev–Trinajstić information content (AvgIpc) is 2.27. The highest BCUT2D eigenvalue weighted by atomic mass is 16.4. The SMILES string of the molecule is CCNC(C(=O)O)C1CN2CCC1CC2. The van der Waals surface area contributed by atoms with Gasteiger partial charge in [-0.05, 0) is 38.4 Å². The maximum Gasteiger partial charge on any atom is 0.321 e. The van der Waals surface area contributed by atoms with Crippen LogP contribution in [0.3, 0.4) is 0 Å². The Hall–Kier alpha value is -0.610. The lowest BCUT2D eigenvalue weighted by Gasteiger charge is -2.46. The molecule has 2 N–H and O–H groups in total. The Morgan fingerprint density at radius 3 is 2.60 bits per heavy atom. The van der Waals surface area contributed by atoms with Crippen molar-refractivity contribution in [2.24, 2.45) is 11.8 Å². The van der Waals surface area contributed by atoms with E-state index in [1.165, 1.54) is 25.9 Å². The van der Waals surface area contributed by atoms with Gasteiger partial charge in [-0.1, -0.05) is 6.92 Å². The third-order valence-electron chi connectivity index (χ3n) is 3.82. The molecule has 0 spiro atoms. The second-order valence-electron chi connectivity index (χ2n) is 4.68. The van der Waals surface area contributed by atoms with Gasteiger partial charge in [0.15, 0.2) is 0 Å². The fraction of sp³-hybridized carbons (Fsp3) is 0.909. The van der Waals surface area contributed by atoms with Crippen molar-refractivity contribution < 1.29 is 9.90 Å². The summed E-state index contributed by atoms with van der Waals surface area (Å²) < 4.78 is 0. The van der Waals surface area contributed by atoms with E-state index >= 15 is 0 Å². The zero-order valence-electron chi connectivity index (χ0n) is 9.28. The molecule has 2 atom stereocenters. The number of carbonyl (C=O) groups is 1. The molecule has 4 heteroatoms. The third-order valence-corrected chi connectivity index (χ3v) is 3.82. The molecule has 15 heavy (non-hydrogen) atoms. The summed E-state index contributed by atoms with van der Waals surface area (Å²) in [5.74, 6) is 0.246. The largest absolute Gasteiger partial charge is 0.480 e. The third kappa shape index (κ3) is 2.16. The Bertz CT molecular complexity index is 237. The first-order valence-corrected chi connectivity index (χ1v) is 5.91. The molecule has 3 fully saturated rings. The standard InChI is InChI=1S/C11H20N2O2/c1-2-12-10(11(14)15)9-7-13-5-3-8(9)4-6-13/h8-10,12H,2-7H2,1H3,(H,14,15). The van der Waals surface area contributed by atoms with Crippen molar-refractivity contribution in [3.05, 3.63) is 0 Å². The second-order valence-corrected chi connectivity index (χ2v) is 4.68. The maximum atomic E-state index is 11.2. The van der Waals surface area contributed by atoms with Gasteiger partial charge >= 0.3 is 5.97 Å². The van der Waals surface area contributed by atoms with Gasteiger partial charge < -0.3 is 15.3 Å². The molecule has 0 aromatic heterocycles. The van der Waals surface area contributed by atoms with Gasteiger partial charge in [0.05, 0.1) is 0 Å². The smallest absolute Gasteiger partial charge is 0.321 e. The summed E-state index contributed by atoms with van der Waals surface area (Å²) in [5, 5.41) is 12.3. The summed E-state index contributed by atoms with van der Waals surface area (Å²) in [6.45, 7) is 6.01. The quantitative estimate of drug-likeness (QED) is 0.708. The van der Waals surface area contributed by atoms with E-state index in [1.54, 1.807) is 0 Å². The number of carboxylic acids is 1. The van der Waals surface area contributed by atoms with Gasteiger partial charge in [0.2, 0.25) is 0 Å². The first-order valence-electron chi connectivity index (χ1n) is 5.91. The lowest BCUT2D eigenvalue weighted by molar-refractivity contribution is -0.143. The minimum Gasteiger partial charge on any atom is -0.480 e. The second kappa shape index (κ2) is 4.49. The highest BCUT2D eigenvalue weighted by Gasteiger charge is 2.40. The summed E-state index contributed by atoms with van der Waals surface area (Å²) in [4.78, 5) is 13.6. The van der Waals surface area contributed by atoms with Crippen LogP contribution in [0.1, 0.15) is 19.8 Å². The molecule has 3 heterocycles. The molecule has 2 bridgehead atoms. The Labute approximate surface area is 90.6 Å². The van der Waals surface area contributed by atoms with Gasteiger partial charge in [0, 0.05) is 12.5 Å². The van der Waals surface area contributed by atoms with Crippen LogP contribution in [0.2, 0.25) is 0 Å². The van der Waals surface area contributed by atoms with Crippen LogP contribution in [-0.2, 0) is 4.79 Å². The van der Waals surface area contributed by atoms with Gasteiger partial charge in [-0.15, -0.1) is 0 Å². The number of hydrogen-bond donors (Lipinski definition) is 2. The molecule has 0 amide bonds. The molecular formula is C11H20N2O2. The molecule has 0 aromatic rings. The molecule has 0 aliphatic carbocycles. The van der Waals surface area contributed by atoms with Crippen molar-refractivity contribution >= 4 is 5.97 Å². The predicted molar refractivity (Wildman–Crippen MR) is 57.8 cm³/mol. The van der Waals surface area contributed by atoms with Crippen LogP contribution >= 0.6 is 0 Å². The number of piperidine rings is 3. The summed E-state index contributed by atoms with van der Waals surface area (Å²) in [7, 11) is 0. The van der Waals surface area contributed by atoms with Gasteiger partial charge in [0.1, 0.15) is 6.04 Å². The van der Waals surface area contributed by atoms with E-state index in [9.17, 15) is 9.90 Å². The van der Waals surface area contributed by atoms with Crippen molar-refractivity contribution in [2.75, 3.05) is 26.2 Å². The Kier molecular flexibility index (Phi) is 3.26. The van der Waals surface area contributed by atoms with Crippen molar-refractivity contribution in [3.8, 4) is 0 Å². The summed E-state index contributed by atoms with van der Waals surface area (Å²) in [5.41, 5.74) is 0. The van der Waals surface area contributed by atoms with Crippen molar-refractivity contribution in [2.45, 2.75) is 25.8 Å². The number of hydrogen-bond acceptors (Lipinski definition) is 3. The van der Waals surface area contributed by atoms with E-state index in [-0.39, 0.29) is 6.04 Å². The lowest BCUT2D eigenvalue weighted by atomic mass is 9.75. The molecule has 86 valence electrons. The molecule has 3 aliphatic rings. The van der Waals surface area contributed by atoms with Crippen LogP contribution in [0.25, 0.3) is 0 Å². The topological polar surface area (TPSA) is 52.6 Å². The number of fused-ring (bicyclic) bond motifs is 3. The minimum absolute atomic E-state index is 0.310. The number of carboxylic acid groups (broad SMARTS) is 1. The molecule has 2 unspecified atom stereocenters. The van der Waals surface area contributed by atoms with E-state index in [1.807, 2.05) is 6.92 Å². The van der Waals surface area contributed by atoms with Crippen LogP contribution in [0.15, 0.2) is 0 Å². The fourth-order valence-corrected chi connectivity index (χ4v) is 3.03. The van der Waals surface area contributed by atoms with E-state index in [4.69, 9.17) is 0 Å². The van der Waals surface area contributed by atoms with Crippen molar-refractivity contribution in [3.63, 3.8) is 0 Å². The zero-order chi connectivity index (χ0) is 10.8. The van der Waals surface area contributed by atoms with Crippen LogP contribution in [0.4, 0.5) is 0 Å². The number of likely N-dealkylation sites (N-methyl/N-ethyl adjacent to an activating group) is 1. The molecule has 4 nitrogen and oxygen atoms in total. The lowest BCUT2D eigenvalue weighted by Crippen LogP contribution is -2.56. The molecule has 0 aromatic carbocycles. The summed E-state index contributed by atoms with van der Waals surface area (Å²) in [6, 6.07) is -0.344. The minimum atomic E-state index is -0.685. The molecule has 0 saturated carbocycles. The Morgan fingerprint density at radius 2 is 2.20 bits per heavy atom. The van der Waals surface area contributed by atoms with Gasteiger partial charge in [-0.2, -0.15) is 0 Å². The normalized spacial score (nSPS) is 36.5. The maximum absolute atomic E-state index is 11.2. The van der Waals surface area contributed by atoms with Gasteiger partial charge in [-0.25, -0.2) is 0 Å². The van der Waals surface area contributed by atoms with E-state index in [0.717, 1.165) is 13.1 Å². The highest BCUT2D eigenvalue weighted by Crippen LogP contribution is 2.34. The summed E-state index contributed by atoms with van der Waals surface area (Å²) >= 11 is 0. The number of nitrogens with zero attached hydrogens (tertiary/aromatic N) is 1. The zero-order valence-corrected chi connectivity index (χ0v) is 9.28. The number of aliphatic carboxylic acids is 1. The molecule has 3 saturated heterocycles. The number of rotatable bonds is 4. The molecule has 0 radical (unpaired) electrons. The predicted octanol–water partition coefficient (Wildman–Crippen LogP) is 0.391. The Balaban J connectivity index is 2.04. The van der Waals surface area contributed by atoms with E-state index < -0.39 is 5.97 Å². The molecule has 3 rings (SSSR count). The first-order chi connectivity index (χ1) is 7.22. The van der Waals surface area contributed by atoms with Gasteiger partial charge in [-0.3, -0.25) is 4.79 Å². The van der Waals surface area contributed by atoms with Crippen LogP contribution < -0.4 is 5.32 Å². The Morgan fingerprint density at radius 1 is 1.53 bits per heavy atom. The van der Waals surface area contributed by atoms with Crippen LogP contribution in [-0.4, -0.2) is 48.2 Å². The number of nitrogens with one attached hydrogen (secondary N) is 1. The van der Waals surface area contributed by atoms with Gasteiger partial charge in [0.25, 0.3) is 0 Å². The monoisotopic (exact) mass is 212 g/mol.